The van der Waals surface area contributed by atoms with Gasteiger partial charge in [-0.25, -0.2) is 4.79 Å². The molecular formula is C13H19NO3. The van der Waals surface area contributed by atoms with Gasteiger partial charge in [-0.1, -0.05) is 6.92 Å². The zero-order chi connectivity index (χ0) is 12.8. The highest BCUT2D eigenvalue weighted by Crippen LogP contribution is 2.21. The Morgan fingerprint density at radius 1 is 1.41 bits per heavy atom. The number of rotatable bonds is 6. The van der Waals surface area contributed by atoms with E-state index in [1.807, 2.05) is 36.1 Å². The van der Waals surface area contributed by atoms with E-state index in [9.17, 15) is 4.79 Å². The van der Waals surface area contributed by atoms with Crippen LogP contribution < -0.4 is 9.64 Å². The first-order valence-corrected chi connectivity index (χ1v) is 5.73. The van der Waals surface area contributed by atoms with E-state index in [0.29, 0.717) is 0 Å². The number of methoxy groups -OCH3 is 1. The third-order valence-electron chi connectivity index (χ3n) is 2.69. The van der Waals surface area contributed by atoms with Crippen molar-refractivity contribution in [3.8, 4) is 5.75 Å². The van der Waals surface area contributed by atoms with Gasteiger partial charge >= 0.3 is 5.97 Å². The Bertz CT molecular complexity index is 361. The van der Waals surface area contributed by atoms with Crippen LogP contribution in [0, 0.1) is 0 Å². The van der Waals surface area contributed by atoms with Crippen LogP contribution >= 0.6 is 0 Å². The van der Waals surface area contributed by atoms with Crippen LogP contribution in [0.4, 0.5) is 5.69 Å². The number of benzene rings is 1. The van der Waals surface area contributed by atoms with E-state index in [1.165, 1.54) is 0 Å². The molecule has 0 fully saturated rings. The fraction of sp³-hybridized carbons (Fsp3) is 0.462. The van der Waals surface area contributed by atoms with Gasteiger partial charge in [0.2, 0.25) is 0 Å². The summed E-state index contributed by atoms with van der Waals surface area (Å²) < 4.78 is 5.08. The fourth-order valence-corrected chi connectivity index (χ4v) is 1.69. The molecule has 4 nitrogen and oxygen atoms in total. The van der Waals surface area contributed by atoms with Gasteiger partial charge in [0.15, 0.2) is 0 Å². The molecule has 0 aliphatic heterocycles. The van der Waals surface area contributed by atoms with Crippen molar-refractivity contribution in [2.24, 2.45) is 0 Å². The second-order valence-corrected chi connectivity index (χ2v) is 3.91. The third kappa shape index (κ3) is 3.37. The number of aliphatic carboxylic acids is 1. The summed E-state index contributed by atoms with van der Waals surface area (Å²) in [6.07, 6.45) is 0.906. The van der Waals surface area contributed by atoms with E-state index >= 15 is 0 Å². The molecule has 4 heteroatoms. The number of carbonyl (C=O) groups is 1. The van der Waals surface area contributed by atoms with Gasteiger partial charge in [0.25, 0.3) is 0 Å². The highest BCUT2D eigenvalue weighted by atomic mass is 16.5. The Kier molecular flexibility index (Phi) is 4.82. The quantitative estimate of drug-likeness (QED) is 0.825. The van der Waals surface area contributed by atoms with Gasteiger partial charge in [0, 0.05) is 12.2 Å². The van der Waals surface area contributed by atoms with Crippen LogP contribution in [0.15, 0.2) is 24.3 Å². The molecule has 0 aliphatic rings. The Balaban J connectivity index is 2.92. The molecule has 0 saturated carbocycles. The maximum Gasteiger partial charge on any atom is 0.326 e. The molecule has 17 heavy (non-hydrogen) atoms. The lowest BCUT2D eigenvalue weighted by Gasteiger charge is -2.28. The number of nitrogens with zero attached hydrogens (tertiary/aromatic N) is 1. The molecule has 0 heterocycles. The fourth-order valence-electron chi connectivity index (χ4n) is 1.69. The van der Waals surface area contributed by atoms with Gasteiger partial charge in [-0.3, -0.25) is 0 Å². The molecule has 1 rings (SSSR count). The first kappa shape index (κ1) is 13.4. The van der Waals surface area contributed by atoms with E-state index in [4.69, 9.17) is 9.84 Å². The van der Waals surface area contributed by atoms with E-state index in [-0.39, 0.29) is 0 Å². The van der Waals surface area contributed by atoms with Gasteiger partial charge < -0.3 is 14.7 Å². The van der Waals surface area contributed by atoms with Crippen molar-refractivity contribution in [3.63, 3.8) is 0 Å². The molecule has 0 radical (unpaired) electrons. The van der Waals surface area contributed by atoms with E-state index in [2.05, 4.69) is 0 Å². The summed E-state index contributed by atoms with van der Waals surface area (Å²) in [5, 5.41) is 9.07. The average molecular weight is 237 g/mol. The molecule has 0 aliphatic carbocycles. The van der Waals surface area contributed by atoms with Gasteiger partial charge in [-0.15, -0.1) is 0 Å². The monoisotopic (exact) mass is 237 g/mol. The molecule has 1 aromatic rings. The van der Waals surface area contributed by atoms with E-state index < -0.39 is 12.0 Å². The van der Waals surface area contributed by atoms with Gasteiger partial charge in [-0.05, 0) is 37.6 Å². The minimum atomic E-state index is -0.811. The number of carboxylic acids is 1. The Morgan fingerprint density at radius 2 is 2.00 bits per heavy atom. The lowest BCUT2D eigenvalue weighted by atomic mass is 10.2. The third-order valence-corrected chi connectivity index (χ3v) is 2.69. The largest absolute Gasteiger partial charge is 0.497 e. The van der Waals surface area contributed by atoms with Crippen molar-refractivity contribution in [1.29, 1.82) is 0 Å². The maximum absolute atomic E-state index is 11.0. The van der Waals surface area contributed by atoms with Gasteiger partial charge in [0.05, 0.1) is 7.11 Å². The predicted octanol–water partition coefficient (Wildman–Crippen LogP) is 2.38. The predicted molar refractivity (Wildman–Crippen MR) is 67.7 cm³/mol. The zero-order valence-electron chi connectivity index (χ0n) is 10.5. The number of ether oxygens (including phenoxy) is 1. The number of anilines is 1. The van der Waals surface area contributed by atoms with Crippen LogP contribution in [-0.4, -0.2) is 30.8 Å². The lowest BCUT2D eigenvalue weighted by Crippen LogP contribution is -2.39. The Morgan fingerprint density at radius 3 is 2.41 bits per heavy atom. The van der Waals surface area contributed by atoms with E-state index in [0.717, 1.165) is 24.4 Å². The van der Waals surface area contributed by atoms with Crippen LogP contribution in [0.25, 0.3) is 0 Å². The van der Waals surface area contributed by atoms with Crippen LogP contribution in [0.1, 0.15) is 20.3 Å². The molecule has 1 atom stereocenters. The number of hydrogen-bond acceptors (Lipinski definition) is 3. The van der Waals surface area contributed by atoms with Crippen molar-refractivity contribution in [2.45, 2.75) is 26.3 Å². The highest BCUT2D eigenvalue weighted by Gasteiger charge is 2.20. The summed E-state index contributed by atoms with van der Waals surface area (Å²) in [5.41, 5.74) is 0.905. The van der Waals surface area contributed by atoms with Crippen LogP contribution in [0.2, 0.25) is 0 Å². The van der Waals surface area contributed by atoms with Gasteiger partial charge in [-0.2, -0.15) is 0 Å². The first-order chi connectivity index (χ1) is 8.10. The smallest absolute Gasteiger partial charge is 0.326 e. The topological polar surface area (TPSA) is 49.8 Å². The summed E-state index contributed by atoms with van der Waals surface area (Å²) in [6.45, 7) is 4.45. The second kappa shape index (κ2) is 6.13. The van der Waals surface area contributed by atoms with Crippen molar-refractivity contribution in [1.82, 2.24) is 0 Å². The van der Waals surface area contributed by atoms with Crippen molar-refractivity contribution >= 4 is 11.7 Å². The summed E-state index contributed by atoms with van der Waals surface area (Å²) in [5.74, 6) is -0.0394. The van der Waals surface area contributed by atoms with Crippen molar-refractivity contribution < 1.29 is 14.6 Å². The summed E-state index contributed by atoms with van der Waals surface area (Å²) >= 11 is 0. The summed E-state index contributed by atoms with van der Waals surface area (Å²) in [7, 11) is 1.61. The Hall–Kier alpha value is -1.71. The van der Waals surface area contributed by atoms with Crippen molar-refractivity contribution in [3.05, 3.63) is 24.3 Å². The normalized spacial score (nSPS) is 11.9. The molecule has 0 spiro atoms. The number of hydrogen-bond donors (Lipinski definition) is 1. The van der Waals surface area contributed by atoms with Gasteiger partial charge in [0.1, 0.15) is 11.8 Å². The molecule has 0 saturated heterocycles. The molecule has 0 unspecified atom stereocenters. The number of carboxylic acid groups (broad SMARTS) is 1. The standard InChI is InChI=1S/C13H19NO3/c1-4-9-14(10(2)13(15)16)11-5-7-12(17-3)8-6-11/h5-8,10H,4,9H2,1-3H3,(H,15,16)/t10-/m1/s1. The highest BCUT2D eigenvalue weighted by molar-refractivity contribution is 5.77. The lowest BCUT2D eigenvalue weighted by molar-refractivity contribution is -0.138. The molecule has 0 amide bonds. The van der Waals surface area contributed by atoms with E-state index in [1.54, 1.807) is 14.0 Å². The van der Waals surface area contributed by atoms with Crippen LogP contribution in [0.3, 0.4) is 0 Å². The van der Waals surface area contributed by atoms with Crippen LogP contribution in [-0.2, 0) is 4.79 Å². The SMILES string of the molecule is CCCN(c1ccc(OC)cc1)[C@H](C)C(=O)O. The minimum Gasteiger partial charge on any atom is -0.497 e. The molecule has 1 N–H and O–H groups in total. The van der Waals surface area contributed by atoms with Crippen molar-refractivity contribution in [2.75, 3.05) is 18.6 Å². The summed E-state index contributed by atoms with van der Waals surface area (Å²) in [4.78, 5) is 12.9. The minimum absolute atomic E-state index is 0.525. The zero-order valence-corrected chi connectivity index (χ0v) is 10.5. The molecule has 1 aromatic carbocycles. The molecular weight excluding hydrogens is 218 g/mol. The molecule has 0 aromatic heterocycles. The molecule has 0 bridgehead atoms. The maximum atomic E-state index is 11.0. The summed E-state index contributed by atoms with van der Waals surface area (Å²) in [6, 6.07) is 6.92. The first-order valence-electron chi connectivity index (χ1n) is 5.73. The second-order valence-electron chi connectivity index (χ2n) is 3.91. The van der Waals surface area contributed by atoms with Crippen LogP contribution in [0.5, 0.6) is 5.75 Å². The Labute approximate surface area is 102 Å². The average Bonchev–Trinajstić information content (AvgIpc) is 2.35. The molecule has 94 valence electrons.